The van der Waals surface area contributed by atoms with Gasteiger partial charge in [0.15, 0.2) is 5.16 Å². The van der Waals surface area contributed by atoms with Crippen molar-refractivity contribution in [3.8, 4) is 0 Å². The summed E-state index contributed by atoms with van der Waals surface area (Å²) in [4.78, 5) is 7.95. The smallest absolute Gasteiger partial charge is 0.166 e. The molecule has 1 aromatic heterocycles. The Morgan fingerprint density at radius 2 is 1.86 bits per heavy atom. The summed E-state index contributed by atoms with van der Waals surface area (Å²) in [6.07, 6.45) is 1.19. The lowest BCUT2D eigenvalue weighted by Gasteiger charge is -2.09. The van der Waals surface area contributed by atoms with Crippen molar-refractivity contribution >= 4 is 22.8 Å². The minimum absolute atomic E-state index is 0.641. The standard InChI is InChI=1S/C18H20N2S/c1-3-13(2)15-10-8-14(9-11-15)12-21-18-19-16-6-4-5-7-17(16)20-18/h4-11,13H,3,12H2,1-2H3,(H,19,20)/t13-/m1/s1. The number of thioether (sulfide) groups is 1. The van der Waals surface area contributed by atoms with Crippen molar-refractivity contribution in [2.75, 3.05) is 0 Å². The van der Waals surface area contributed by atoms with Gasteiger partial charge in [-0.15, -0.1) is 0 Å². The summed E-state index contributed by atoms with van der Waals surface area (Å²) in [5.41, 5.74) is 4.90. The van der Waals surface area contributed by atoms with E-state index in [0.29, 0.717) is 5.92 Å². The lowest BCUT2D eigenvalue weighted by atomic mass is 9.98. The van der Waals surface area contributed by atoms with Gasteiger partial charge in [-0.1, -0.05) is 62.0 Å². The van der Waals surface area contributed by atoms with E-state index in [1.807, 2.05) is 18.2 Å². The van der Waals surface area contributed by atoms with Crippen LogP contribution in [0.2, 0.25) is 0 Å². The summed E-state index contributed by atoms with van der Waals surface area (Å²) in [7, 11) is 0. The highest BCUT2D eigenvalue weighted by atomic mass is 32.2. The second kappa shape index (κ2) is 6.35. The van der Waals surface area contributed by atoms with E-state index < -0.39 is 0 Å². The van der Waals surface area contributed by atoms with Gasteiger partial charge in [-0.25, -0.2) is 4.98 Å². The Labute approximate surface area is 130 Å². The number of para-hydroxylation sites is 2. The molecule has 108 valence electrons. The van der Waals surface area contributed by atoms with Gasteiger partial charge in [0.05, 0.1) is 11.0 Å². The van der Waals surface area contributed by atoms with E-state index >= 15 is 0 Å². The highest BCUT2D eigenvalue weighted by Crippen LogP contribution is 2.24. The Hall–Kier alpha value is -1.74. The molecular weight excluding hydrogens is 276 g/mol. The molecule has 0 unspecified atom stereocenters. The maximum atomic E-state index is 4.59. The highest BCUT2D eigenvalue weighted by molar-refractivity contribution is 7.98. The van der Waals surface area contributed by atoms with Gasteiger partial charge in [0.1, 0.15) is 0 Å². The number of hydrogen-bond donors (Lipinski definition) is 1. The average molecular weight is 296 g/mol. The van der Waals surface area contributed by atoms with Gasteiger partial charge in [0.25, 0.3) is 0 Å². The number of nitrogens with one attached hydrogen (secondary N) is 1. The van der Waals surface area contributed by atoms with E-state index in [2.05, 4.69) is 54.1 Å². The number of rotatable bonds is 5. The fourth-order valence-corrected chi connectivity index (χ4v) is 3.17. The third-order valence-corrected chi connectivity index (χ3v) is 4.85. The van der Waals surface area contributed by atoms with Crippen LogP contribution in [0.25, 0.3) is 11.0 Å². The largest absolute Gasteiger partial charge is 0.333 e. The summed E-state index contributed by atoms with van der Waals surface area (Å²) < 4.78 is 0. The predicted molar refractivity (Wildman–Crippen MR) is 90.8 cm³/mol. The Bertz CT molecular complexity index is 682. The third-order valence-electron chi connectivity index (χ3n) is 3.90. The lowest BCUT2D eigenvalue weighted by molar-refractivity contribution is 0.733. The highest BCUT2D eigenvalue weighted by Gasteiger charge is 2.05. The molecule has 0 amide bonds. The molecule has 0 bridgehead atoms. The number of nitrogens with zero attached hydrogens (tertiary/aromatic N) is 1. The first-order valence-electron chi connectivity index (χ1n) is 7.42. The SMILES string of the molecule is CC[C@@H](C)c1ccc(CSc2nc3ccccc3[nH]2)cc1. The zero-order valence-electron chi connectivity index (χ0n) is 12.5. The minimum Gasteiger partial charge on any atom is -0.333 e. The summed E-state index contributed by atoms with van der Waals surface area (Å²) in [6.45, 7) is 4.51. The van der Waals surface area contributed by atoms with Crippen LogP contribution in [0.3, 0.4) is 0 Å². The van der Waals surface area contributed by atoms with Crippen molar-refractivity contribution < 1.29 is 0 Å². The summed E-state index contributed by atoms with van der Waals surface area (Å²) in [6, 6.07) is 17.1. The molecule has 0 aliphatic heterocycles. The molecule has 0 spiro atoms. The Morgan fingerprint density at radius 1 is 1.10 bits per heavy atom. The topological polar surface area (TPSA) is 28.7 Å². The van der Waals surface area contributed by atoms with Crippen molar-refractivity contribution in [1.29, 1.82) is 0 Å². The van der Waals surface area contributed by atoms with E-state index in [1.165, 1.54) is 17.5 Å². The zero-order chi connectivity index (χ0) is 14.7. The molecule has 0 radical (unpaired) electrons. The molecule has 0 saturated heterocycles. The zero-order valence-corrected chi connectivity index (χ0v) is 13.3. The second-order valence-corrected chi connectivity index (χ2v) is 6.36. The summed E-state index contributed by atoms with van der Waals surface area (Å²) in [5, 5.41) is 0.988. The molecule has 1 heterocycles. The molecule has 0 aliphatic rings. The molecular formula is C18H20N2S. The molecule has 0 fully saturated rings. The van der Waals surface area contributed by atoms with Gasteiger partial charge in [-0.3, -0.25) is 0 Å². The quantitative estimate of drug-likeness (QED) is 0.641. The number of hydrogen-bond acceptors (Lipinski definition) is 2. The number of benzene rings is 2. The van der Waals surface area contributed by atoms with Gasteiger partial charge >= 0.3 is 0 Å². The van der Waals surface area contributed by atoms with Crippen LogP contribution >= 0.6 is 11.8 Å². The van der Waals surface area contributed by atoms with Crippen LogP contribution in [0.1, 0.15) is 37.3 Å². The van der Waals surface area contributed by atoms with Crippen LogP contribution in [0, 0.1) is 0 Å². The van der Waals surface area contributed by atoms with Crippen LogP contribution in [-0.4, -0.2) is 9.97 Å². The number of H-pyrrole nitrogens is 1. The first-order chi connectivity index (χ1) is 10.3. The number of fused-ring (bicyclic) bond motifs is 1. The van der Waals surface area contributed by atoms with Crippen LogP contribution in [0.15, 0.2) is 53.7 Å². The van der Waals surface area contributed by atoms with Gasteiger partial charge in [0.2, 0.25) is 0 Å². The maximum Gasteiger partial charge on any atom is 0.166 e. The molecule has 0 aliphatic carbocycles. The van der Waals surface area contributed by atoms with Crippen LogP contribution < -0.4 is 0 Å². The molecule has 2 nitrogen and oxygen atoms in total. The van der Waals surface area contributed by atoms with Crippen LogP contribution in [0.4, 0.5) is 0 Å². The van der Waals surface area contributed by atoms with Gasteiger partial charge in [-0.2, -0.15) is 0 Å². The lowest BCUT2D eigenvalue weighted by Crippen LogP contribution is -1.91. The van der Waals surface area contributed by atoms with Crippen molar-refractivity contribution in [2.45, 2.75) is 37.1 Å². The molecule has 1 atom stereocenters. The summed E-state index contributed by atoms with van der Waals surface area (Å²) >= 11 is 1.75. The average Bonchev–Trinajstić information content (AvgIpc) is 2.95. The fourth-order valence-electron chi connectivity index (χ4n) is 2.33. The monoisotopic (exact) mass is 296 g/mol. The summed E-state index contributed by atoms with van der Waals surface area (Å²) in [5.74, 6) is 1.59. The molecule has 3 aromatic rings. The maximum absolute atomic E-state index is 4.59. The van der Waals surface area contributed by atoms with Crippen LogP contribution in [-0.2, 0) is 5.75 Å². The molecule has 0 saturated carbocycles. The molecule has 2 aromatic carbocycles. The Kier molecular flexibility index (Phi) is 4.30. The normalized spacial score (nSPS) is 12.7. The third kappa shape index (κ3) is 3.30. The number of aromatic nitrogens is 2. The van der Waals surface area contributed by atoms with Gasteiger partial charge < -0.3 is 4.98 Å². The van der Waals surface area contributed by atoms with Crippen molar-refractivity contribution in [3.05, 3.63) is 59.7 Å². The Balaban J connectivity index is 1.67. The number of aromatic amines is 1. The van der Waals surface area contributed by atoms with E-state index in [0.717, 1.165) is 21.9 Å². The molecule has 3 rings (SSSR count). The minimum atomic E-state index is 0.641. The van der Waals surface area contributed by atoms with E-state index in [4.69, 9.17) is 0 Å². The predicted octanol–water partition coefficient (Wildman–Crippen LogP) is 5.37. The molecule has 21 heavy (non-hydrogen) atoms. The van der Waals surface area contributed by atoms with Crippen molar-refractivity contribution in [1.82, 2.24) is 9.97 Å². The van der Waals surface area contributed by atoms with Gasteiger partial charge in [0, 0.05) is 5.75 Å². The van der Waals surface area contributed by atoms with E-state index in [-0.39, 0.29) is 0 Å². The Morgan fingerprint density at radius 3 is 2.57 bits per heavy atom. The fraction of sp³-hybridized carbons (Fsp3) is 0.278. The first-order valence-corrected chi connectivity index (χ1v) is 8.41. The van der Waals surface area contributed by atoms with Crippen molar-refractivity contribution in [3.63, 3.8) is 0 Å². The number of imidazole rings is 1. The van der Waals surface area contributed by atoms with E-state index in [9.17, 15) is 0 Å². The molecule has 3 heteroatoms. The van der Waals surface area contributed by atoms with E-state index in [1.54, 1.807) is 11.8 Å². The van der Waals surface area contributed by atoms with Crippen LogP contribution in [0.5, 0.6) is 0 Å². The van der Waals surface area contributed by atoms with Gasteiger partial charge in [-0.05, 0) is 35.6 Å². The molecule has 1 N–H and O–H groups in total. The second-order valence-electron chi connectivity index (χ2n) is 5.40. The first kappa shape index (κ1) is 14.2. The van der Waals surface area contributed by atoms with Crippen molar-refractivity contribution in [2.24, 2.45) is 0 Å².